The molecule has 3 N–H and O–H groups in total. The number of rotatable bonds is 7. The fourth-order valence-corrected chi connectivity index (χ4v) is 5.31. The maximum Gasteiger partial charge on any atom is 0.311 e. The van der Waals surface area contributed by atoms with Crippen molar-refractivity contribution in [3.05, 3.63) is 101 Å². The molecular weight excluding hydrogens is 495 g/mol. The minimum atomic E-state index is -0.930. The number of hydrogen-bond acceptors (Lipinski definition) is 4. The second-order valence-electron chi connectivity index (χ2n) is 10.2. The largest absolute Gasteiger partial charge is 0.493 e. The summed E-state index contributed by atoms with van der Waals surface area (Å²) in [5, 5.41) is 15.6. The van der Waals surface area contributed by atoms with Crippen molar-refractivity contribution in [2.75, 3.05) is 19.7 Å². The van der Waals surface area contributed by atoms with Gasteiger partial charge in [0.1, 0.15) is 11.6 Å². The first-order chi connectivity index (χ1) is 18.9. The van der Waals surface area contributed by atoms with Crippen LogP contribution in [0, 0.1) is 12.7 Å². The zero-order valence-corrected chi connectivity index (χ0v) is 22.4. The number of halogens is 1. The van der Waals surface area contributed by atoms with Gasteiger partial charge in [-0.3, -0.25) is 9.59 Å². The summed E-state index contributed by atoms with van der Waals surface area (Å²) in [5.41, 5.74) is 4.40. The van der Waals surface area contributed by atoms with Gasteiger partial charge in [0.25, 0.3) is 0 Å². The molecule has 3 aromatic rings. The number of nitrogens with one attached hydrogen (secondary N) is 2. The monoisotopic (exact) mass is 532 g/mol. The molecule has 6 nitrogen and oxygen atoms in total. The number of aryl methyl sites for hydroxylation is 2. The van der Waals surface area contributed by atoms with E-state index in [1.54, 1.807) is 0 Å². The summed E-state index contributed by atoms with van der Waals surface area (Å²) in [5.74, 6) is -0.989. The van der Waals surface area contributed by atoms with Gasteiger partial charge in [-0.15, -0.1) is 0 Å². The van der Waals surface area contributed by atoms with Crippen LogP contribution in [0.1, 0.15) is 59.8 Å². The lowest BCUT2D eigenvalue weighted by molar-refractivity contribution is -0.139. The van der Waals surface area contributed by atoms with Crippen LogP contribution >= 0.6 is 0 Å². The summed E-state index contributed by atoms with van der Waals surface area (Å²) < 4.78 is 18.1. The summed E-state index contributed by atoms with van der Waals surface area (Å²) in [6.07, 6.45) is 3.85. The molecule has 2 aliphatic heterocycles. The van der Waals surface area contributed by atoms with Gasteiger partial charge in [-0.2, -0.15) is 0 Å². The lowest BCUT2D eigenvalue weighted by Crippen LogP contribution is -2.48. The number of fused-ring (bicyclic) bond motifs is 1. The number of ether oxygens (including phenoxy) is 1. The molecule has 1 amide bonds. The highest BCUT2D eigenvalue weighted by molar-refractivity contribution is 5.77. The van der Waals surface area contributed by atoms with Gasteiger partial charge in [-0.05, 0) is 74.0 Å². The van der Waals surface area contributed by atoms with Crippen molar-refractivity contribution in [2.45, 2.75) is 56.9 Å². The van der Waals surface area contributed by atoms with Crippen molar-refractivity contribution in [2.24, 2.45) is 0 Å². The van der Waals surface area contributed by atoms with Gasteiger partial charge < -0.3 is 20.5 Å². The van der Waals surface area contributed by atoms with E-state index < -0.39 is 17.7 Å². The van der Waals surface area contributed by atoms with Gasteiger partial charge in [-0.1, -0.05) is 54.6 Å². The molecule has 0 saturated carbocycles. The lowest BCUT2D eigenvalue weighted by Gasteiger charge is -2.33. The Hall–Kier alpha value is -3.71. The van der Waals surface area contributed by atoms with Crippen LogP contribution in [0.25, 0.3) is 0 Å². The number of carbonyl (C=O) groups excluding carboxylic acids is 1. The Balaban J connectivity index is 0.000000212. The normalized spacial score (nSPS) is 20.0. The lowest BCUT2D eigenvalue weighted by atomic mass is 9.87. The molecule has 0 radical (unpaired) electrons. The Kier molecular flexibility index (Phi) is 10.1. The molecule has 3 aromatic carbocycles. The first-order valence-corrected chi connectivity index (χ1v) is 13.7. The van der Waals surface area contributed by atoms with Crippen LogP contribution in [0.3, 0.4) is 0 Å². The maximum absolute atomic E-state index is 12.9. The molecular formula is C32H37FN2O4. The second-order valence-corrected chi connectivity index (χ2v) is 10.2. The van der Waals surface area contributed by atoms with E-state index in [-0.39, 0.29) is 11.9 Å². The highest BCUT2D eigenvalue weighted by Gasteiger charge is 2.28. The number of carbonyl (C=O) groups is 2. The van der Waals surface area contributed by atoms with Gasteiger partial charge >= 0.3 is 5.97 Å². The molecule has 2 heterocycles. The summed E-state index contributed by atoms with van der Waals surface area (Å²) in [4.78, 5) is 23.3. The van der Waals surface area contributed by atoms with Gasteiger partial charge in [0.15, 0.2) is 0 Å². The van der Waals surface area contributed by atoms with Gasteiger partial charge in [0, 0.05) is 30.5 Å². The predicted molar refractivity (Wildman–Crippen MR) is 150 cm³/mol. The number of aliphatic carboxylic acids is 1. The quantitative estimate of drug-likeness (QED) is 0.382. The first-order valence-electron chi connectivity index (χ1n) is 13.7. The topological polar surface area (TPSA) is 87.7 Å². The summed E-state index contributed by atoms with van der Waals surface area (Å²) in [6, 6.07) is 23.1. The van der Waals surface area contributed by atoms with E-state index in [4.69, 9.17) is 9.84 Å². The molecule has 0 aromatic heterocycles. The third kappa shape index (κ3) is 7.90. The number of carboxylic acid groups (broad SMARTS) is 1. The second kappa shape index (κ2) is 13.9. The van der Waals surface area contributed by atoms with Crippen molar-refractivity contribution in [1.29, 1.82) is 0 Å². The smallest absolute Gasteiger partial charge is 0.311 e. The Morgan fingerprint density at radius 1 is 1.05 bits per heavy atom. The van der Waals surface area contributed by atoms with Crippen molar-refractivity contribution < 1.29 is 23.8 Å². The van der Waals surface area contributed by atoms with Crippen LogP contribution in [0.15, 0.2) is 72.8 Å². The van der Waals surface area contributed by atoms with E-state index in [1.807, 2.05) is 6.07 Å². The molecule has 3 unspecified atom stereocenters. The third-order valence-corrected chi connectivity index (χ3v) is 7.48. The van der Waals surface area contributed by atoms with Crippen molar-refractivity contribution in [3.8, 4) is 5.75 Å². The highest BCUT2D eigenvalue weighted by Crippen LogP contribution is 2.34. The molecule has 0 spiro atoms. The van der Waals surface area contributed by atoms with Crippen molar-refractivity contribution in [1.82, 2.24) is 10.6 Å². The number of piperidine rings is 1. The Labute approximate surface area is 229 Å². The molecule has 2 aliphatic rings. The molecule has 0 bridgehead atoms. The van der Waals surface area contributed by atoms with Crippen LogP contribution in [0.4, 0.5) is 4.39 Å². The van der Waals surface area contributed by atoms with Gasteiger partial charge in [-0.25, -0.2) is 4.39 Å². The van der Waals surface area contributed by atoms with E-state index in [9.17, 15) is 14.0 Å². The predicted octanol–water partition coefficient (Wildman–Crippen LogP) is 5.36. The van der Waals surface area contributed by atoms with Crippen molar-refractivity contribution in [3.63, 3.8) is 0 Å². The number of benzene rings is 3. The third-order valence-electron chi connectivity index (χ3n) is 7.48. The molecule has 1 saturated heterocycles. The van der Waals surface area contributed by atoms with Crippen LogP contribution in [0.2, 0.25) is 0 Å². The first kappa shape index (κ1) is 28.3. The average molecular weight is 533 g/mol. The molecule has 39 heavy (non-hydrogen) atoms. The SMILES string of the molecule is Cc1ccccc1CCCC(=O)NC1CCNCC1c1ccccc1.O=C(O)C1CCOc2ccc(F)cc21. The van der Waals surface area contributed by atoms with Crippen LogP contribution in [0.5, 0.6) is 5.75 Å². The Bertz CT molecular complexity index is 1250. The van der Waals surface area contributed by atoms with Crippen LogP contribution in [-0.2, 0) is 16.0 Å². The van der Waals surface area contributed by atoms with E-state index in [0.717, 1.165) is 32.4 Å². The number of carboxylic acids is 1. The summed E-state index contributed by atoms with van der Waals surface area (Å²) in [7, 11) is 0. The zero-order chi connectivity index (χ0) is 27.6. The summed E-state index contributed by atoms with van der Waals surface area (Å²) in [6.45, 7) is 4.40. The Morgan fingerprint density at radius 3 is 2.59 bits per heavy atom. The van der Waals surface area contributed by atoms with E-state index >= 15 is 0 Å². The van der Waals surface area contributed by atoms with Gasteiger partial charge in [0.05, 0.1) is 12.5 Å². The fraction of sp³-hybridized carbons (Fsp3) is 0.375. The molecule has 7 heteroatoms. The fourth-order valence-electron chi connectivity index (χ4n) is 5.31. The van der Waals surface area contributed by atoms with E-state index in [1.165, 1.54) is 34.9 Å². The van der Waals surface area contributed by atoms with Gasteiger partial charge in [0.2, 0.25) is 5.91 Å². The molecule has 5 rings (SSSR count). The Morgan fingerprint density at radius 2 is 1.82 bits per heavy atom. The van der Waals surface area contributed by atoms with E-state index in [0.29, 0.717) is 36.7 Å². The molecule has 1 fully saturated rings. The average Bonchev–Trinajstić information content (AvgIpc) is 2.95. The zero-order valence-electron chi connectivity index (χ0n) is 22.4. The minimum absolute atomic E-state index is 0.182. The molecule has 0 aliphatic carbocycles. The van der Waals surface area contributed by atoms with Crippen LogP contribution < -0.4 is 15.4 Å². The molecule has 206 valence electrons. The van der Waals surface area contributed by atoms with E-state index in [2.05, 4.69) is 66.1 Å². The molecule has 3 atom stereocenters. The minimum Gasteiger partial charge on any atom is -0.493 e. The summed E-state index contributed by atoms with van der Waals surface area (Å²) >= 11 is 0. The number of hydrogen-bond donors (Lipinski definition) is 3. The van der Waals surface area contributed by atoms with Crippen molar-refractivity contribution >= 4 is 11.9 Å². The standard InChI is InChI=1S/C22H28N2O.C10H9FO3/c1-17-8-5-6-9-18(17)12-7-13-22(25)24-21-14-15-23-16-20(21)19-10-3-2-4-11-19;11-6-1-2-9-8(5-6)7(10(12)13)3-4-14-9/h2-6,8-11,20-21,23H,7,12-16H2,1H3,(H,24,25);1-2,5,7H,3-4H2,(H,12,13). The van der Waals surface area contributed by atoms with Crippen LogP contribution in [-0.4, -0.2) is 42.7 Å². The maximum atomic E-state index is 12.9. The number of amides is 1. The highest BCUT2D eigenvalue weighted by atomic mass is 19.1.